The second-order valence-corrected chi connectivity index (χ2v) is 4.04. The Morgan fingerprint density at radius 2 is 2.29 bits per heavy atom. The van der Waals surface area contributed by atoms with E-state index in [0.717, 1.165) is 13.1 Å². The van der Waals surface area contributed by atoms with Crippen molar-refractivity contribution in [3.63, 3.8) is 0 Å². The normalized spacial score (nSPS) is 20.6. The molecule has 1 heteroatoms. The molecule has 1 N–H and O–H groups in total. The van der Waals surface area contributed by atoms with E-state index in [0.29, 0.717) is 5.92 Å². The van der Waals surface area contributed by atoms with Gasteiger partial charge < -0.3 is 5.32 Å². The van der Waals surface area contributed by atoms with Gasteiger partial charge in [0.05, 0.1) is 0 Å². The second kappa shape index (κ2) is 5.82. The Labute approximate surface area is 87.6 Å². The van der Waals surface area contributed by atoms with Crippen molar-refractivity contribution in [2.45, 2.75) is 26.7 Å². The summed E-state index contributed by atoms with van der Waals surface area (Å²) < 4.78 is 0. The Hall–Kier alpha value is -0.820. The van der Waals surface area contributed by atoms with Crippen LogP contribution in [0.5, 0.6) is 0 Å². The lowest BCUT2D eigenvalue weighted by Crippen LogP contribution is -2.15. The maximum absolute atomic E-state index is 3.68. The lowest BCUT2D eigenvalue weighted by Gasteiger charge is -2.09. The van der Waals surface area contributed by atoms with Gasteiger partial charge in [0.25, 0.3) is 0 Å². The summed E-state index contributed by atoms with van der Waals surface area (Å²) >= 11 is 0. The van der Waals surface area contributed by atoms with Crippen LogP contribution in [0.3, 0.4) is 0 Å². The fraction of sp³-hybridized carbons (Fsp3) is 0.538. The van der Waals surface area contributed by atoms with E-state index in [-0.39, 0.29) is 0 Å². The lowest BCUT2D eigenvalue weighted by molar-refractivity contribution is 0.596. The Morgan fingerprint density at radius 1 is 1.50 bits per heavy atom. The standard InChI is InChI=1S/C13H21N/c1-4-7-14-8-5-6-13-10-11(2)9-12(13)3/h4,9-10,13-14H,1,5-8H2,2-3H3. The van der Waals surface area contributed by atoms with Gasteiger partial charge in [-0.2, -0.15) is 0 Å². The van der Waals surface area contributed by atoms with Crippen molar-refractivity contribution in [3.8, 4) is 0 Å². The van der Waals surface area contributed by atoms with Crippen LogP contribution in [-0.4, -0.2) is 13.1 Å². The number of hydrogen-bond acceptors (Lipinski definition) is 1. The van der Waals surface area contributed by atoms with Crippen LogP contribution < -0.4 is 5.32 Å². The van der Waals surface area contributed by atoms with Gasteiger partial charge in [-0.05, 0) is 39.2 Å². The van der Waals surface area contributed by atoms with E-state index >= 15 is 0 Å². The summed E-state index contributed by atoms with van der Waals surface area (Å²) in [6.45, 7) is 10.1. The first-order valence-corrected chi connectivity index (χ1v) is 5.42. The van der Waals surface area contributed by atoms with Crippen molar-refractivity contribution in [1.82, 2.24) is 5.32 Å². The highest BCUT2D eigenvalue weighted by Gasteiger charge is 2.12. The van der Waals surface area contributed by atoms with Gasteiger partial charge in [0.15, 0.2) is 0 Å². The third-order valence-corrected chi connectivity index (χ3v) is 2.66. The fourth-order valence-electron chi connectivity index (χ4n) is 1.93. The van der Waals surface area contributed by atoms with Crippen molar-refractivity contribution < 1.29 is 0 Å². The Kier molecular flexibility index (Phi) is 4.68. The predicted molar refractivity (Wildman–Crippen MR) is 63.3 cm³/mol. The van der Waals surface area contributed by atoms with Crippen LogP contribution in [0.15, 0.2) is 36.0 Å². The molecular formula is C13H21N. The third kappa shape index (κ3) is 3.51. The SMILES string of the molecule is C=CCNCCCC1C=C(C)C=C1C. The van der Waals surface area contributed by atoms with Crippen LogP contribution in [0, 0.1) is 5.92 Å². The molecule has 0 amide bonds. The molecule has 0 saturated carbocycles. The summed E-state index contributed by atoms with van der Waals surface area (Å²) in [5.41, 5.74) is 2.94. The van der Waals surface area contributed by atoms with Crippen molar-refractivity contribution >= 4 is 0 Å². The fourth-order valence-corrected chi connectivity index (χ4v) is 1.93. The molecule has 1 aliphatic rings. The summed E-state index contributed by atoms with van der Waals surface area (Å²) in [5, 5.41) is 3.33. The average Bonchev–Trinajstić information content (AvgIpc) is 2.45. The Balaban J connectivity index is 2.14. The van der Waals surface area contributed by atoms with Crippen LogP contribution in [0.2, 0.25) is 0 Å². The van der Waals surface area contributed by atoms with Crippen molar-refractivity contribution in [1.29, 1.82) is 0 Å². The molecule has 1 nitrogen and oxygen atoms in total. The monoisotopic (exact) mass is 191 g/mol. The van der Waals surface area contributed by atoms with Gasteiger partial charge in [-0.3, -0.25) is 0 Å². The van der Waals surface area contributed by atoms with E-state index in [9.17, 15) is 0 Å². The summed E-state index contributed by atoms with van der Waals surface area (Å²) in [7, 11) is 0. The van der Waals surface area contributed by atoms with Gasteiger partial charge in [0, 0.05) is 6.54 Å². The molecule has 0 radical (unpaired) electrons. The van der Waals surface area contributed by atoms with E-state index in [2.05, 4.69) is 37.9 Å². The van der Waals surface area contributed by atoms with Crippen LogP contribution in [0.4, 0.5) is 0 Å². The molecule has 0 bridgehead atoms. The van der Waals surface area contributed by atoms with E-state index < -0.39 is 0 Å². The summed E-state index contributed by atoms with van der Waals surface area (Å²) in [6.07, 6.45) is 9.09. The predicted octanol–water partition coefficient (Wildman–Crippen LogP) is 3.06. The molecule has 0 aromatic rings. The van der Waals surface area contributed by atoms with Crippen LogP contribution in [-0.2, 0) is 0 Å². The van der Waals surface area contributed by atoms with Crippen molar-refractivity contribution in [2.24, 2.45) is 5.92 Å². The molecule has 0 heterocycles. The first kappa shape index (κ1) is 11.3. The molecule has 1 aliphatic carbocycles. The highest BCUT2D eigenvalue weighted by molar-refractivity contribution is 5.32. The highest BCUT2D eigenvalue weighted by atomic mass is 14.8. The van der Waals surface area contributed by atoms with Crippen LogP contribution in [0.25, 0.3) is 0 Å². The quantitative estimate of drug-likeness (QED) is 0.502. The topological polar surface area (TPSA) is 12.0 Å². The highest BCUT2D eigenvalue weighted by Crippen LogP contribution is 2.26. The largest absolute Gasteiger partial charge is 0.313 e. The Morgan fingerprint density at radius 3 is 2.86 bits per heavy atom. The molecular weight excluding hydrogens is 170 g/mol. The minimum Gasteiger partial charge on any atom is -0.313 e. The first-order chi connectivity index (χ1) is 6.74. The van der Waals surface area contributed by atoms with Gasteiger partial charge in [0.2, 0.25) is 0 Å². The van der Waals surface area contributed by atoms with Gasteiger partial charge in [-0.15, -0.1) is 6.58 Å². The molecule has 78 valence electrons. The number of allylic oxidation sites excluding steroid dienone is 4. The zero-order valence-corrected chi connectivity index (χ0v) is 9.34. The number of hydrogen-bond donors (Lipinski definition) is 1. The van der Waals surface area contributed by atoms with E-state index in [1.165, 1.54) is 24.0 Å². The lowest BCUT2D eigenvalue weighted by atomic mass is 9.98. The third-order valence-electron chi connectivity index (χ3n) is 2.66. The molecule has 0 fully saturated rings. The first-order valence-electron chi connectivity index (χ1n) is 5.42. The van der Waals surface area contributed by atoms with E-state index in [1.54, 1.807) is 0 Å². The molecule has 1 atom stereocenters. The van der Waals surface area contributed by atoms with E-state index in [4.69, 9.17) is 0 Å². The number of nitrogens with one attached hydrogen (secondary N) is 1. The number of rotatable bonds is 6. The molecule has 0 spiro atoms. The molecule has 14 heavy (non-hydrogen) atoms. The minimum atomic E-state index is 0.695. The molecule has 0 aromatic carbocycles. The maximum Gasteiger partial charge on any atom is 0.0132 e. The summed E-state index contributed by atoms with van der Waals surface area (Å²) in [5.74, 6) is 0.695. The van der Waals surface area contributed by atoms with Gasteiger partial charge in [0.1, 0.15) is 0 Å². The Bertz CT molecular complexity index is 248. The van der Waals surface area contributed by atoms with Crippen molar-refractivity contribution in [3.05, 3.63) is 36.0 Å². The maximum atomic E-state index is 3.68. The second-order valence-electron chi connectivity index (χ2n) is 4.04. The van der Waals surface area contributed by atoms with E-state index in [1.807, 2.05) is 6.08 Å². The van der Waals surface area contributed by atoms with Gasteiger partial charge in [-0.1, -0.05) is 29.4 Å². The minimum absolute atomic E-state index is 0.695. The van der Waals surface area contributed by atoms with Crippen LogP contribution >= 0.6 is 0 Å². The average molecular weight is 191 g/mol. The zero-order valence-electron chi connectivity index (χ0n) is 9.34. The summed E-state index contributed by atoms with van der Waals surface area (Å²) in [6, 6.07) is 0. The zero-order chi connectivity index (χ0) is 10.4. The van der Waals surface area contributed by atoms with Crippen LogP contribution in [0.1, 0.15) is 26.7 Å². The van der Waals surface area contributed by atoms with Gasteiger partial charge >= 0.3 is 0 Å². The molecule has 1 unspecified atom stereocenters. The molecule has 1 rings (SSSR count). The smallest absolute Gasteiger partial charge is 0.0132 e. The molecule has 0 saturated heterocycles. The molecule has 0 aromatic heterocycles. The summed E-state index contributed by atoms with van der Waals surface area (Å²) in [4.78, 5) is 0. The van der Waals surface area contributed by atoms with Crippen molar-refractivity contribution in [2.75, 3.05) is 13.1 Å². The van der Waals surface area contributed by atoms with Gasteiger partial charge in [-0.25, -0.2) is 0 Å². The molecule has 0 aliphatic heterocycles.